The Hall–Kier alpha value is -2.70. The molecule has 29 heavy (non-hydrogen) atoms. The maximum atomic E-state index is 12.7. The molecular formula is C22H30N6O. The standard InChI is InChI=1S/C22H30N6O/c1-17-9-13-27(14-10-17)22(29)18-7-8-20(23-15-18)26(2)16-19-5-4-12-28(19)21-6-3-11-24-25-21/h3,6-8,11,15,17,19H,4-5,9-10,12-14,16H2,1-2H3. The van der Waals surface area contributed by atoms with Crippen molar-refractivity contribution < 1.29 is 4.79 Å². The number of hydrogen-bond acceptors (Lipinski definition) is 6. The summed E-state index contributed by atoms with van der Waals surface area (Å²) in [7, 11) is 2.06. The van der Waals surface area contributed by atoms with Crippen molar-refractivity contribution in [1.29, 1.82) is 0 Å². The van der Waals surface area contributed by atoms with Crippen molar-refractivity contribution in [3.8, 4) is 0 Å². The fourth-order valence-corrected chi connectivity index (χ4v) is 4.32. The average molecular weight is 395 g/mol. The molecule has 0 bridgehead atoms. The minimum Gasteiger partial charge on any atom is -0.358 e. The zero-order chi connectivity index (χ0) is 20.2. The summed E-state index contributed by atoms with van der Waals surface area (Å²) in [5.41, 5.74) is 0.679. The molecule has 0 radical (unpaired) electrons. The molecule has 2 fully saturated rings. The van der Waals surface area contributed by atoms with Gasteiger partial charge in [0, 0.05) is 51.7 Å². The molecule has 4 rings (SSSR count). The highest BCUT2D eigenvalue weighted by Crippen LogP contribution is 2.25. The smallest absolute Gasteiger partial charge is 0.255 e. The van der Waals surface area contributed by atoms with Gasteiger partial charge in [0.05, 0.1) is 5.56 Å². The number of piperidine rings is 1. The normalized spacial score (nSPS) is 20.1. The molecule has 2 aromatic heterocycles. The number of anilines is 2. The fraction of sp³-hybridized carbons (Fsp3) is 0.545. The molecule has 0 saturated carbocycles. The van der Waals surface area contributed by atoms with Crippen LogP contribution in [0, 0.1) is 5.92 Å². The summed E-state index contributed by atoms with van der Waals surface area (Å²) >= 11 is 0. The van der Waals surface area contributed by atoms with Crippen molar-refractivity contribution in [2.45, 2.75) is 38.6 Å². The highest BCUT2D eigenvalue weighted by atomic mass is 16.2. The zero-order valence-corrected chi connectivity index (χ0v) is 17.4. The van der Waals surface area contributed by atoms with E-state index < -0.39 is 0 Å². The first kappa shape index (κ1) is 19.6. The van der Waals surface area contributed by atoms with E-state index in [1.807, 2.05) is 29.2 Å². The molecule has 2 aliphatic heterocycles. The zero-order valence-electron chi connectivity index (χ0n) is 17.4. The van der Waals surface area contributed by atoms with E-state index in [9.17, 15) is 4.79 Å². The summed E-state index contributed by atoms with van der Waals surface area (Å²) in [5, 5.41) is 8.29. The van der Waals surface area contributed by atoms with Gasteiger partial charge in [0.25, 0.3) is 5.91 Å². The van der Waals surface area contributed by atoms with E-state index in [0.717, 1.165) is 63.5 Å². The highest BCUT2D eigenvalue weighted by molar-refractivity contribution is 5.94. The van der Waals surface area contributed by atoms with Crippen LogP contribution >= 0.6 is 0 Å². The molecule has 1 atom stereocenters. The molecule has 0 N–H and O–H groups in total. The third-order valence-electron chi connectivity index (χ3n) is 6.17. The minimum atomic E-state index is 0.100. The van der Waals surface area contributed by atoms with Crippen LogP contribution in [-0.2, 0) is 0 Å². The number of carbonyl (C=O) groups excluding carboxylic acids is 1. The van der Waals surface area contributed by atoms with Gasteiger partial charge in [0.1, 0.15) is 5.82 Å². The Kier molecular flexibility index (Phi) is 5.92. The van der Waals surface area contributed by atoms with Gasteiger partial charge in [0.2, 0.25) is 0 Å². The molecule has 1 unspecified atom stereocenters. The Balaban J connectivity index is 1.38. The molecule has 0 aromatic carbocycles. The number of likely N-dealkylation sites (N-methyl/N-ethyl adjacent to an activating group) is 1. The lowest BCUT2D eigenvalue weighted by atomic mass is 9.99. The van der Waals surface area contributed by atoms with Gasteiger partial charge in [-0.1, -0.05) is 6.92 Å². The maximum absolute atomic E-state index is 12.7. The molecule has 1 amide bonds. The van der Waals surface area contributed by atoms with Gasteiger partial charge in [-0.05, 0) is 55.9 Å². The Morgan fingerprint density at radius 2 is 2.00 bits per heavy atom. The first-order chi connectivity index (χ1) is 14.1. The predicted octanol–water partition coefficient (Wildman–Crippen LogP) is 2.85. The largest absolute Gasteiger partial charge is 0.358 e. The summed E-state index contributed by atoms with van der Waals surface area (Å²) in [6.07, 6.45) is 7.89. The van der Waals surface area contributed by atoms with E-state index in [0.29, 0.717) is 17.5 Å². The van der Waals surface area contributed by atoms with E-state index in [2.05, 4.69) is 39.0 Å². The number of nitrogens with zero attached hydrogens (tertiary/aromatic N) is 6. The summed E-state index contributed by atoms with van der Waals surface area (Å²) in [6.45, 7) is 5.82. The fourth-order valence-electron chi connectivity index (χ4n) is 4.32. The lowest BCUT2D eigenvalue weighted by Crippen LogP contribution is -2.40. The second kappa shape index (κ2) is 8.76. The van der Waals surface area contributed by atoms with Crippen molar-refractivity contribution in [2.24, 2.45) is 5.92 Å². The Morgan fingerprint density at radius 3 is 2.69 bits per heavy atom. The number of likely N-dealkylation sites (tertiary alicyclic amines) is 1. The van der Waals surface area contributed by atoms with Gasteiger partial charge >= 0.3 is 0 Å². The molecule has 154 valence electrons. The van der Waals surface area contributed by atoms with Crippen LogP contribution in [-0.4, -0.2) is 65.3 Å². The summed E-state index contributed by atoms with van der Waals surface area (Å²) in [4.78, 5) is 23.8. The highest BCUT2D eigenvalue weighted by Gasteiger charge is 2.27. The SMILES string of the molecule is CC1CCN(C(=O)c2ccc(N(C)CC3CCCN3c3cccnn3)nc2)CC1. The molecule has 7 heteroatoms. The van der Waals surface area contributed by atoms with E-state index in [-0.39, 0.29) is 5.91 Å². The van der Waals surface area contributed by atoms with Crippen LogP contribution in [0.2, 0.25) is 0 Å². The van der Waals surface area contributed by atoms with Crippen molar-refractivity contribution in [3.63, 3.8) is 0 Å². The number of carbonyl (C=O) groups is 1. The quantitative estimate of drug-likeness (QED) is 0.777. The van der Waals surface area contributed by atoms with E-state index in [1.165, 1.54) is 0 Å². The molecule has 4 heterocycles. The number of pyridine rings is 1. The van der Waals surface area contributed by atoms with E-state index in [4.69, 9.17) is 0 Å². The Labute approximate surface area is 172 Å². The molecular weight excluding hydrogens is 364 g/mol. The Morgan fingerprint density at radius 1 is 1.17 bits per heavy atom. The van der Waals surface area contributed by atoms with Gasteiger partial charge < -0.3 is 14.7 Å². The molecule has 0 spiro atoms. The summed E-state index contributed by atoms with van der Waals surface area (Å²) in [6, 6.07) is 8.21. The third kappa shape index (κ3) is 4.49. The predicted molar refractivity (Wildman–Crippen MR) is 114 cm³/mol. The van der Waals surface area contributed by atoms with E-state index in [1.54, 1.807) is 12.4 Å². The van der Waals surface area contributed by atoms with Gasteiger partial charge in [-0.25, -0.2) is 4.98 Å². The third-order valence-corrected chi connectivity index (χ3v) is 6.17. The lowest BCUT2D eigenvalue weighted by Gasteiger charge is -2.31. The van der Waals surface area contributed by atoms with Crippen molar-refractivity contribution in [3.05, 3.63) is 42.2 Å². The monoisotopic (exact) mass is 394 g/mol. The summed E-state index contributed by atoms with van der Waals surface area (Å²) in [5.74, 6) is 2.64. The Bertz CT molecular complexity index is 804. The molecule has 7 nitrogen and oxygen atoms in total. The molecule has 2 aromatic rings. The average Bonchev–Trinajstić information content (AvgIpc) is 3.22. The van der Waals surface area contributed by atoms with Crippen LogP contribution in [0.4, 0.5) is 11.6 Å². The van der Waals surface area contributed by atoms with Crippen molar-refractivity contribution in [2.75, 3.05) is 43.0 Å². The van der Waals surface area contributed by atoms with Crippen LogP contribution in [0.25, 0.3) is 0 Å². The van der Waals surface area contributed by atoms with Gasteiger partial charge in [-0.3, -0.25) is 4.79 Å². The lowest BCUT2D eigenvalue weighted by molar-refractivity contribution is 0.0697. The first-order valence-electron chi connectivity index (χ1n) is 10.6. The molecule has 2 aliphatic rings. The summed E-state index contributed by atoms with van der Waals surface area (Å²) < 4.78 is 0. The topological polar surface area (TPSA) is 65.5 Å². The second-order valence-corrected chi connectivity index (χ2v) is 8.33. The minimum absolute atomic E-state index is 0.100. The van der Waals surface area contributed by atoms with Gasteiger partial charge in [-0.2, -0.15) is 5.10 Å². The molecule has 0 aliphatic carbocycles. The van der Waals surface area contributed by atoms with Crippen LogP contribution in [0.15, 0.2) is 36.7 Å². The number of amides is 1. The number of rotatable bonds is 5. The molecule has 2 saturated heterocycles. The van der Waals surface area contributed by atoms with Crippen molar-refractivity contribution >= 4 is 17.5 Å². The van der Waals surface area contributed by atoms with E-state index >= 15 is 0 Å². The second-order valence-electron chi connectivity index (χ2n) is 8.33. The van der Waals surface area contributed by atoms with Crippen LogP contribution < -0.4 is 9.80 Å². The van der Waals surface area contributed by atoms with Gasteiger partial charge in [-0.15, -0.1) is 5.10 Å². The van der Waals surface area contributed by atoms with Crippen LogP contribution in [0.3, 0.4) is 0 Å². The van der Waals surface area contributed by atoms with Gasteiger partial charge in [0.15, 0.2) is 5.82 Å². The number of aromatic nitrogens is 3. The van der Waals surface area contributed by atoms with Crippen molar-refractivity contribution in [1.82, 2.24) is 20.1 Å². The van der Waals surface area contributed by atoms with Crippen LogP contribution in [0.1, 0.15) is 43.0 Å². The van der Waals surface area contributed by atoms with Crippen LogP contribution in [0.5, 0.6) is 0 Å². The first-order valence-corrected chi connectivity index (χ1v) is 10.6. The maximum Gasteiger partial charge on any atom is 0.255 e. The number of hydrogen-bond donors (Lipinski definition) is 0.